The fourth-order valence-corrected chi connectivity index (χ4v) is 3.10. The predicted octanol–water partition coefficient (Wildman–Crippen LogP) is 3.09. The van der Waals surface area contributed by atoms with Gasteiger partial charge in [0.1, 0.15) is 4.83 Å². The molecule has 1 aliphatic heterocycles. The van der Waals surface area contributed by atoms with E-state index in [-0.39, 0.29) is 10.7 Å². The van der Waals surface area contributed by atoms with E-state index in [2.05, 4.69) is 32.1 Å². The van der Waals surface area contributed by atoms with Gasteiger partial charge < -0.3 is 0 Å². The van der Waals surface area contributed by atoms with E-state index in [0.29, 0.717) is 0 Å². The van der Waals surface area contributed by atoms with Crippen molar-refractivity contribution in [2.75, 3.05) is 3.93 Å². The normalized spacial score (nSPS) is 20.7. The quantitative estimate of drug-likeness (QED) is 0.533. The molecule has 0 saturated carbocycles. The molecule has 1 unspecified atom stereocenters. The predicted molar refractivity (Wildman–Crippen MR) is 59.3 cm³/mol. The third-order valence-electron chi connectivity index (χ3n) is 2.18. The molecule has 0 radical (unpaired) electrons. The van der Waals surface area contributed by atoms with Gasteiger partial charge in [0, 0.05) is 5.56 Å². The zero-order valence-electron chi connectivity index (χ0n) is 6.92. The molecule has 68 valence electrons. The number of anilines is 1. The van der Waals surface area contributed by atoms with E-state index in [9.17, 15) is 4.79 Å². The molecule has 0 fully saturated rings. The van der Waals surface area contributed by atoms with Crippen LogP contribution in [0.3, 0.4) is 0 Å². The number of rotatable bonds is 0. The van der Waals surface area contributed by atoms with Crippen LogP contribution in [-0.2, 0) is 4.79 Å². The molecule has 1 amide bonds. The van der Waals surface area contributed by atoms with Crippen molar-refractivity contribution in [1.29, 1.82) is 0 Å². The molecular weight excluding hydrogens is 298 g/mol. The Kier molecular flexibility index (Phi) is 2.20. The Morgan fingerprint density at radius 1 is 1.46 bits per heavy atom. The summed E-state index contributed by atoms with van der Waals surface area (Å²) in [6, 6.07) is 5.88. The zero-order valence-corrected chi connectivity index (χ0v) is 10.1. The first-order valence-corrected chi connectivity index (χ1v) is 5.48. The van der Waals surface area contributed by atoms with Gasteiger partial charge in [0.05, 0.1) is 21.8 Å². The molecular formula is C9H7Br2NO. The Hall–Kier alpha value is -0.350. The molecule has 0 aliphatic carbocycles. The SMILES string of the molecule is Cc1cccc2c1C(Br)C(=O)N2Br. The van der Waals surface area contributed by atoms with Crippen LogP contribution in [0.5, 0.6) is 0 Å². The Bertz CT molecular complexity index is 378. The molecule has 0 bridgehead atoms. The first-order valence-electron chi connectivity index (χ1n) is 3.86. The van der Waals surface area contributed by atoms with Crippen LogP contribution in [0.15, 0.2) is 18.2 Å². The highest BCUT2D eigenvalue weighted by Gasteiger charge is 2.35. The smallest absolute Gasteiger partial charge is 0.255 e. The first kappa shape index (κ1) is 9.21. The molecule has 1 aromatic carbocycles. The summed E-state index contributed by atoms with van der Waals surface area (Å²) in [6.45, 7) is 2.01. The maximum Gasteiger partial charge on any atom is 0.255 e. The van der Waals surface area contributed by atoms with Gasteiger partial charge in [-0.2, -0.15) is 0 Å². The summed E-state index contributed by atoms with van der Waals surface area (Å²) in [6.07, 6.45) is 0. The van der Waals surface area contributed by atoms with Crippen molar-refractivity contribution in [3.8, 4) is 0 Å². The van der Waals surface area contributed by atoms with Crippen molar-refractivity contribution in [2.24, 2.45) is 0 Å². The first-order chi connectivity index (χ1) is 6.13. The number of hydrogen-bond donors (Lipinski definition) is 0. The van der Waals surface area contributed by atoms with Crippen LogP contribution < -0.4 is 3.93 Å². The molecule has 1 aromatic rings. The van der Waals surface area contributed by atoms with E-state index in [1.54, 1.807) is 0 Å². The summed E-state index contributed by atoms with van der Waals surface area (Å²) in [5.74, 6) is 0.0318. The topological polar surface area (TPSA) is 20.3 Å². The van der Waals surface area contributed by atoms with Crippen LogP contribution in [0, 0.1) is 6.92 Å². The van der Waals surface area contributed by atoms with Crippen LogP contribution in [0.4, 0.5) is 5.69 Å². The summed E-state index contributed by atoms with van der Waals surface area (Å²) in [7, 11) is 0. The van der Waals surface area contributed by atoms with Crippen LogP contribution >= 0.6 is 32.1 Å². The lowest BCUT2D eigenvalue weighted by atomic mass is 10.1. The lowest BCUT2D eigenvalue weighted by Gasteiger charge is -2.06. The molecule has 0 saturated heterocycles. The lowest BCUT2D eigenvalue weighted by Crippen LogP contribution is -2.14. The van der Waals surface area contributed by atoms with Gasteiger partial charge in [0.25, 0.3) is 5.91 Å². The van der Waals surface area contributed by atoms with Gasteiger partial charge in [-0.25, -0.2) is 3.93 Å². The second-order valence-corrected chi connectivity index (χ2v) is 4.61. The molecule has 2 nitrogen and oxygen atoms in total. The van der Waals surface area contributed by atoms with Crippen molar-refractivity contribution in [2.45, 2.75) is 11.8 Å². The monoisotopic (exact) mass is 303 g/mol. The summed E-state index contributed by atoms with van der Waals surface area (Å²) in [5.41, 5.74) is 3.13. The Morgan fingerprint density at radius 3 is 2.77 bits per heavy atom. The number of benzene rings is 1. The maximum atomic E-state index is 11.5. The summed E-state index contributed by atoms with van der Waals surface area (Å²) < 4.78 is 1.51. The molecule has 0 N–H and O–H groups in total. The Morgan fingerprint density at radius 2 is 2.15 bits per heavy atom. The van der Waals surface area contributed by atoms with Crippen LogP contribution in [0.1, 0.15) is 16.0 Å². The van der Waals surface area contributed by atoms with E-state index in [0.717, 1.165) is 16.8 Å². The highest BCUT2D eigenvalue weighted by Crippen LogP contribution is 2.43. The number of carbonyl (C=O) groups is 1. The number of carbonyl (C=O) groups excluding carboxylic acids is 1. The molecule has 2 rings (SSSR count). The molecule has 0 spiro atoms. The number of halogens is 2. The number of nitrogens with zero attached hydrogens (tertiary/aromatic N) is 1. The highest BCUT2D eigenvalue weighted by atomic mass is 79.9. The van der Waals surface area contributed by atoms with Gasteiger partial charge in [-0.3, -0.25) is 4.79 Å². The van der Waals surface area contributed by atoms with Crippen LogP contribution in [-0.4, -0.2) is 5.91 Å². The number of hydrogen-bond acceptors (Lipinski definition) is 1. The summed E-state index contributed by atoms with van der Waals surface area (Å²) >= 11 is 6.60. The van der Waals surface area contributed by atoms with Gasteiger partial charge in [0.2, 0.25) is 0 Å². The number of aryl methyl sites for hydroxylation is 1. The van der Waals surface area contributed by atoms with Crippen LogP contribution in [0.25, 0.3) is 0 Å². The average molecular weight is 305 g/mol. The molecule has 4 heteroatoms. The van der Waals surface area contributed by atoms with Crippen molar-refractivity contribution in [3.05, 3.63) is 29.3 Å². The van der Waals surface area contributed by atoms with E-state index in [1.807, 2.05) is 25.1 Å². The minimum atomic E-state index is -0.205. The van der Waals surface area contributed by atoms with Crippen molar-refractivity contribution in [3.63, 3.8) is 0 Å². The summed E-state index contributed by atoms with van der Waals surface area (Å²) in [5, 5.41) is 0. The van der Waals surface area contributed by atoms with E-state index >= 15 is 0 Å². The molecule has 1 aliphatic rings. The fraction of sp³-hybridized carbons (Fsp3) is 0.222. The number of amides is 1. The minimum absolute atomic E-state index is 0.0318. The van der Waals surface area contributed by atoms with E-state index in [1.165, 1.54) is 3.93 Å². The molecule has 1 atom stereocenters. The zero-order chi connectivity index (χ0) is 9.59. The van der Waals surface area contributed by atoms with Gasteiger partial charge in [-0.1, -0.05) is 28.1 Å². The van der Waals surface area contributed by atoms with Gasteiger partial charge >= 0.3 is 0 Å². The highest BCUT2D eigenvalue weighted by molar-refractivity contribution is 9.11. The van der Waals surface area contributed by atoms with Crippen molar-refractivity contribution < 1.29 is 4.79 Å². The number of alkyl halides is 1. The Balaban J connectivity index is 2.66. The fourth-order valence-electron chi connectivity index (χ4n) is 1.51. The van der Waals surface area contributed by atoms with Crippen molar-refractivity contribution >= 4 is 43.7 Å². The van der Waals surface area contributed by atoms with E-state index in [4.69, 9.17) is 0 Å². The Labute approximate surface area is 93.4 Å². The second-order valence-electron chi connectivity index (χ2n) is 2.99. The molecule has 13 heavy (non-hydrogen) atoms. The largest absolute Gasteiger partial charge is 0.272 e. The van der Waals surface area contributed by atoms with Gasteiger partial charge in [-0.15, -0.1) is 0 Å². The molecule has 0 aromatic heterocycles. The minimum Gasteiger partial charge on any atom is -0.272 e. The third-order valence-corrected chi connectivity index (χ3v) is 3.76. The molecule has 1 heterocycles. The van der Waals surface area contributed by atoms with Crippen molar-refractivity contribution in [1.82, 2.24) is 0 Å². The second kappa shape index (κ2) is 3.10. The lowest BCUT2D eigenvalue weighted by molar-refractivity contribution is -0.116. The van der Waals surface area contributed by atoms with Gasteiger partial charge in [-0.05, 0) is 18.6 Å². The standard InChI is InChI=1S/C9H7Br2NO/c1-5-3-2-4-6-7(5)8(10)9(13)12(6)11/h2-4,8H,1H3. The van der Waals surface area contributed by atoms with Gasteiger partial charge in [0.15, 0.2) is 0 Å². The third kappa shape index (κ3) is 1.23. The summed E-state index contributed by atoms with van der Waals surface area (Å²) in [4.78, 5) is 11.3. The van der Waals surface area contributed by atoms with E-state index < -0.39 is 0 Å². The maximum absolute atomic E-state index is 11.5. The number of fused-ring (bicyclic) bond motifs is 1. The average Bonchev–Trinajstić information content (AvgIpc) is 2.33. The van der Waals surface area contributed by atoms with Crippen LogP contribution in [0.2, 0.25) is 0 Å².